The fourth-order valence-corrected chi connectivity index (χ4v) is 3.98. The first-order valence-corrected chi connectivity index (χ1v) is 9.76. The Morgan fingerprint density at radius 1 is 1.04 bits per heavy atom. The van der Waals surface area contributed by atoms with Gasteiger partial charge in [0.05, 0.1) is 0 Å². The van der Waals surface area contributed by atoms with Gasteiger partial charge in [-0.15, -0.1) is 0 Å². The number of nitriles is 1. The molecule has 3 rings (SSSR count). The number of anilines is 2. The molecule has 0 saturated carbocycles. The second-order valence-corrected chi connectivity index (χ2v) is 6.92. The van der Waals surface area contributed by atoms with Crippen LogP contribution in [0.3, 0.4) is 0 Å². The first kappa shape index (κ1) is 18.3. The summed E-state index contributed by atoms with van der Waals surface area (Å²) in [6.45, 7) is 6.29. The summed E-state index contributed by atoms with van der Waals surface area (Å²) in [5.74, 6) is 0.370. The minimum Gasteiger partial charge on any atom is -0.383 e. The van der Waals surface area contributed by atoms with Crippen LogP contribution in [-0.4, -0.2) is 18.1 Å². The van der Waals surface area contributed by atoms with Gasteiger partial charge in [-0.05, 0) is 62.8 Å². The summed E-state index contributed by atoms with van der Waals surface area (Å²) in [4.78, 5) is 6.91. The highest BCUT2D eigenvalue weighted by molar-refractivity contribution is 5.80. The molecule has 2 N–H and O–H groups in total. The van der Waals surface area contributed by atoms with Crippen LogP contribution in [0.1, 0.15) is 56.4 Å². The molecule has 0 bridgehead atoms. The predicted molar refractivity (Wildman–Crippen MR) is 108 cm³/mol. The lowest BCUT2D eigenvalue weighted by molar-refractivity contribution is 0.610. The van der Waals surface area contributed by atoms with Crippen LogP contribution in [0.5, 0.6) is 0 Å². The number of hydrogen-bond donors (Lipinski definition) is 1. The molecule has 0 spiro atoms. The molecule has 4 nitrogen and oxygen atoms in total. The van der Waals surface area contributed by atoms with Crippen molar-refractivity contribution in [1.29, 1.82) is 5.26 Å². The van der Waals surface area contributed by atoms with Gasteiger partial charge in [0, 0.05) is 30.0 Å². The van der Waals surface area contributed by atoms with Crippen LogP contribution < -0.4 is 10.6 Å². The molecular formula is C22H28N4. The van der Waals surface area contributed by atoms with Crippen LogP contribution in [0.15, 0.2) is 24.3 Å². The van der Waals surface area contributed by atoms with Gasteiger partial charge in [0.25, 0.3) is 0 Å². The second kappa shape index (κ2) is 8.23. The van der Waals surface area contributed by atoms with Crippen molar-refractivity contribution in [2.45, 2.75) is 52.4 Å². The number of aromatic nitrogens is 1. The van der Waals surface area contributed by atoms with E-state index in [1.165, 1.54) is 24.1 Å². The Labute approximate surface area is 156 Å². The van der Waals surface area contributed by atoms with Crippen molar-refractivity contribution >= 4 is 11.5 Å². The molecule has 0 atom stereocenters. The lowest BCUT2D eigenvalue weighted by Crippen LogP contribution is -2.21. The van der Waals surface area contributed by atoms with Gasteiger partial charge in [0.1, 0.15) is 17.5 Å². The van der Waals surface area contributed by atoms with E-state index >= 15 is 0 Å². The van der Waals surface area contributed by atoms with Gasteiger partial charge >= 0.3 is 0 Å². The van der Waals surface area contributed by atoms with Gasteiger partial charge in [-0.2, -0.15) is 5.26 Å². The summed E-state index contributed by atoms with van der Waals surface area (Å²) >= 11 is 0. The Kier molecular flexibility index (Phi) is 5.78. The third-order valence-corrected chi connectivity index (χ3v) is 5.40. The number of nitrogens with zero attached hydrogens (tertiary/aromatic N) is 3. The van der Waals surface area contributed by atoms with Crippen LogP contribution in [-0.2, 0) is 12.8 Å². The highest BCUT2D eigenvalue weighted by atomic mass is 15.1. The second-order valence-electron chi connectivity index (χ2n) is 6.92. The summed E-state index contributed by atoms with van der Waals surface area (Å²) in [6.07, 6.45) is 6.71. The Morgan fingerprint density at radius 2 is 1.69 bits per heavy atom. The quantitative estimate of drug-likeness (QED) is 0.869. The molecule has 136 valence electrons. The molecule has 0 aliphatic heterocycles. The van der Waals surface area contributed by atoms with Crippen LogP contribution in [0.2, 0.25) is 0 Å². The number of hydrogen-bond acceptors (Lipinski definition) is 4. The zero-order valence-electron chi connectivity index (χ0n) is 15.9. The topological polar surface area (TPSA) is 65.9 Å². The standard InChI is InChI=1S/C22H28N4/c1-3-26(4-2)17-13-11-16(12-14-17)21-18-9-7-5-6-8-10-20(18)25-22(24)19(21)15-23/h11-14H,3-10H2,1-2H3,(H2,24,25). The minimum atomic E-state index is 0.370. The lowest BCUT2D eigenvalue weighted by Gasteiger charge is -2.22. The van der Waals surface area contributed by atoms with Crippen molar-refractivity contribution in [1.82, 2.24) is 4.98 Å². The molecule has 1 aromatic heterocycles. The Bertz CT molecular complexity index is 798. The van der Waals surface area contributed by atoms with E-state index in [0.29, 0.717) is 11.4 Å². The van der Waals surface area contributed by atoms with Crippen LogP contribution in [0, 0.1) is 11.3 Å². The molecule has 0 radical (unpaired) electrons. The SMILES string of the molecule is CCN(CC)c1ccc(-c2c(C#N)c(N)nc3c2CCCCCC3)cc1. The summed E-state index contributed by atoms with van der Waals surface area (Å²) in [7, 11) is 0. The molecule has 2 aromatic rings. The van der Waals surface area contributed by atoms with Crippen molar-refractivity contribution in [3.05, 3.63) is 41.1 Å². The molecule has 0 saturated heterocycles. The van der Waals surface area contributed by atoms with E-state index < -0.39 is 0 Å². The maximum Gasteiger partial charge on any atom is 0.142 e. The van der Waals surface area contributed by atoms with Gasteiger partial charge in [-0.1, -0.05) is 25.0 Å². The maximum absolute atomic E-state index is 9.73. The van der Waals surface area contributed by atoms with E-state index in [1.54, 1.807) is 0 Å². The molecule has 26 heavy (non-hydrogen) atoms. The number of aryl methyl sites for hydroxylation is 1. The Balaban J connectivity index is 2.12. The number of benzene rings is 1. The fraction of sp³-hybridized carbons (Fsp3) is 0.455. The molecule has 1 aromatic carbocycles. The monoisotopic (exact) mass is 348 g/mol. The zero-order chi connectivity index (χ0) is 18.5. The van der Waals surface area contributed by atoms with Gasteiger partial charge in [-0.25, -0.2) is 4.98 Å². The lowest BCUT2D eigenvalue weighted by atomic mass is 9.88. The predicted octanol–water partition coefficient (Wildman–Crippen LogP) is 4.71. The number of nitrogen functional groups attached to an aromatic ring is 1. The first-order valence-electron chi connectivity index (χ1n) is 9.76. The highest BCUT2D eigenvalue weighted by Crippen LogP contribution is 2.35. The minimum absolute atomic E-state index is 0.370. The Hall–Kier alpha value is -2.54. The molecule has 0 unspecified atom stereocenters. The third kappa shape index (κ3) is 3.53. The van der Waals surface area contributed by atoms with E-state index in [1.807, 2.05) is 0 Å². The summed E-state index contributed by atoms with van der Waals surface area (Å²) < 4.78 is 0. The molecule has 1 heterocycles. The third-order valence-electron chi connectivity index (χ3n) is 5.40. The normalized spacial score (nSPS) is 14.0. The van der Waals surface area contributed by atoms with Crippen LogP contribution in [0.25, 0.3) is 11.1 Å². The number of pyridine rings is 1. The average Bonchev–Trinajstić information content (AvgIpc) is 2.64. The summed E-state index contributed by atoms with van der Waals surface area (Å²) in [5, 5.41) is 9.73. The smallest absolute Gasteiger partial charge is 0.142 e. The first-order chi connectivity index (χ1) is 12.7. The van der Waals surface area contributed by atoms with Gasteiger partial charge in [-0.3, -0.25) is 0 Å². The van der Waals surface area contributed by atoms with E-state index in [9.17, 15) is 5.26 Å². The molecule has 0 amide bonds. The summed E-state index contributed by atoms with van der Waals surface area (Å²) in [5.41, 5.74) is 12.3. The average molecular weight is 348 g/mol. The van der Waals surface area contributed by atoms with Gasteiger partial charge in [0.15, 0.2) is 0 Å². The maximum atomic E-state index is 9.73. The number of rotatable bonds is 4. The van der Waals surface area contributed by atoms with Crippen LogP contribution in [0.4, 0.5) is 11.5 Å². The van der Waals surface area contributed by atoms with Crippen LogP contribution >= 0.6 is 0 Å². The fourth-order valence-electron chi connectivity index (χ4n) is 3.98. The Morgan fingerprint density at radius 3 is 2.31 bits per heavy atom. The molecular weight excluding hydrogens is 320 g/mol. The summed E-state index contributed by atoms with van der Waals surface area (Å²) in [6, 6.07) is 10.9. The molecule has 0 fully saturated rings. The highest BCUT2D eigenvalue weighted by Gasteiger charge is 2.20. The van der Waals surface area contributed by atoms with Gasteiger partial charge < -0.3 is 10.6 Å². The van der Waals surface area contributed by atoms with Crippen molar-refractivity contribution in [2.24, 2.45) is 0 Å². The number of fused-ring (bicyclic) bond motifs is 1. The zero-order valence-corrected chi connectivity index (χ0v) is 15.9. The molecule has 4 heteroatoms. The van der Waals surface area contributed by atoms with Crippen molar-refractivity contribution in [2.75, 3.05) is 23.7 Å². The van der Waals surface area contributed by atoms with E-state index in [4.69, 9.17) is 5.73 Å². The largest absolute Gasteiger partial charge is 0.383 e. The molecule has 1 aliphatic rings. The van der Waals surface area contributed by atoms with Crippen molar-refractivity contribution in [3.63, 3.8) is 0 Å². The van der Waals surface area contributed by atoms with E-state index in [-0.39, 0.29) is 0 Å². The van der Waals surface area contributed by atoms with Crippen molar-refractivity contribution < 1.29 is 0 Å². The molecule has 1 aliphatic carbocycles. The van der Waals surface area contributed by atoms with Gasteiger partial charge in [0.2, 0.25) is 0 Å². The van der Waals surface area contributed by atoms with E-state index in [0.717, 1.165) is 55.6 Å². The van der Waals surface area contributed by atoms with Crippen molar-refractivity contribution in [3.8, 4) is 17.2 Å². The number of nitrogens with two attached hydrogens (primary N) is 1. The van der Waals surface area contributed by atoms with E-state index in [2.05, 4.69) is 54.1 Å².